The number of methoxy groups -OCH3 is 1. The van der Waals surface area contributed by atoms with Gasteiger partial charge >= 0.3 is 5.97 Å². The lowest BCUT2D eigenvalue weighted by Crippen LogP contribution is -2.29. The maximum absolute atomic E-state index is 15.1. The molecule has 5 rings (SSSR count). The molecule has 2 aliphatic rings. The van der Waals surface area contributed by atoms with E-state index < -0.39 is 0 Å². The van der Waals surface area contributed by atoms with Gasteiger partial charge in [-0.2, -0.15) is 0 Å². The van der Waals surface area contributed by atoms with E-state index in [0.29, 0.717) is 30.9 Å². The Morgan fingerprint density at radius 2 is 1.78 bits per heavy atom. The summed E-state index contributed by atoms with van der Waals surface area (Å²) in [6.45, 7) is 7.13. The number of alkyl halides is 1. The van der Waals surface area contributed by atoms with Gasteiger partial charge in [-0.1, -0.05) is 60.7 Å². The number of rotatable bonds is 10. The van der Waals surface area contributed by atoms with Gasteiger partial charge in [0.2, 0.25) is 0 Å². The van der Waals surface area contributed by atoms with Gasteiger partial charge in [0.15, 0.2) is 0 Å². The highest BCUT2D eigenvalue weighted by molar-refractivity contribution is 14.1. The lowest BCUT2D eigenvalue weighted by atomic mass is 9.79. The zero-order valence-electron chi connectivity index (χ0n) is 24.3. The number of benzene rings is 3. The Bertz CT molecular complexity index is 1480. The maximum atomic E-state index is 15.1. The van der Waals surface area contributed by atoms with Gasteiger partial charge in [0.05, 0.1) is 20.1 Å². The maximum Gasteiger partial charge on any atom is 0.306 e. The molecular formula is C35H38FIO4. The van der Waals surface area contributed by atoms with Crippen LogP contribution < -0.4 is 9.47 Å². The van der Waals surface area contributed by atoms with Crippen LogP contribution in [0.25, 0.3) is 16.7 Å². The van der Waals surface area contributed by atoms with Crippen molar-refractivity contribution in [3.63, 3.8) is 0 Å². The number of aryl methyl sites for hydroxylation is 1. The number of fused-ring (bicyclic) bond motifs is 1. The van der Waals surface area contributed by atoms with Crippen molar-refractivity contribution in [3.8, 4) is 22.6 Å². The second-order valence-corrected chi connectivity index (χ2v) is 12.5. The lowest BCUT2D eigenvalue weighted by Gasteiger charge is -2.27. The average Bonchev–Trinajstić information content (AvgIpc) is 3.51. The van der Waals surface area contributed by atoms with Gasteiger partial charge in [-0.3, -0.25) is 4.79 Å². The summed E-state index contributed by atoms with van der Waals surface area (Å²) in [6, 6.07) is 17.3. The first-order valence-corrected chi connectivity index (χ1v) is 15.9. The van der Waals surface area contributed by atoms with Crippen molar-refractivity contribution in [3.05, 3.63) is 88.7 Å². The minimum absolute atomic E-state index is 0.00868. The minimum atomic E-state index is -0.271. The van der Waals surface area contributed by atoms with E-state index in [1.165, 1.54) is 22.8 Å². The van der Waals surface area contributed by atoms with Gasteiger partial charge in [0.1, 0.15) is 23.9 Å². The summed E-state index contributed by atoms with van der Waals surface area (Å²) in [4.78, 5) is 12.5. The molecule has 0 aromatic heterocycles. The molecule has 41 heavy (non-hydrogen) atoms. The third-order valence-electron chi connectivity index (χ3n) is 8.66. The molecule has 3 aromatic rings. The smallest absolute Gasteiger partial charge is 0.306 e. The first kappa shape index (κ1) is 29.6. The molecule has 6 heteroatoms. The zero-order valence-corrected chi connectivity index (χ0v) is 26.5. The van der Waals surface area contributed by atoms with Gasteiger partial charge < -0.3 is 14.2 Å². The van der Waals surface area contributed by atoms with E-state index in [1.807, 2.05) is 25.1 Å². The molecular weight excluding hydrogens is 630 g/mol. The normalized spacial score (nSPS) is 19.0. The molecule has 0 fully saturated rings. The van der Waals surface area contributed by atoms with Gasteiger partial charge in [-0.15, -0.1) is 0 Å². The monoisotopic (exact) mass is 668 g/mol. The topological polar surface area (TPSA) is 44.8 Å². The summed E-state index contributed by atoms with van der Waals surface area (Å²) in [6.07, 6.45) is 6.62. The highest BCUT2D eigenvalue weighted by Gasteiger charge is 2.40. The Morgan fingerprint density at radius 3 is 2.49 bits per heavy atom. The predicted octanol–water partition coefficient (Wildman–Crippen LogP) is 8.86. The number of ether oxygens (including phenoxy) is 3. The van der Waals surface area contributed by atoms with E-state index in [-0.39, 0.29) is 22.6 Å². The Hall–Kier alpha value is -2.87. The quantitative estimate of drug-likeness (QED) is 0.123. The summed E-state index contributed by atoms with van der Waals surface area (Å²) in [5, 5.41) is 0. The molecule has 0 heterocycles. The van der Waals surface area contributed by atoms with Crippen LogP contribution in [0.15, 0.2) is 60.7 Å². The molecule has 0 N–H and O–H groups in total. The number of esters is 1. The van der Waals surface area contributed by atoms with Gasteiger partial charge in [0, 0.05) is 15.4 Å². The van der Waals surface area contributed by atoms with Crippen LogP contribution in [0.4, 0.5) is 4.39 Å². The highest BCUT2D eigenvalue weighted by atomic mass is 127. The Morgan fingerprint density at radius 1 is 0.976 bits per heavy atom. The molecule has 0 saturated carbocycles. The third-order valence-corrected chi connectivity index (χ3v) is 10.1. The molecule has 1 atom stereocenters. The standard InChI is InChI=1S/C35H38FIO4/c1-5-40-33(38)20-35(22-37)16-14-24-9-10-26(19-31(24)35)41-21-23-8-12-27(29-18-25(39-4)11-13-32(29)36)28(17-23)30-7-6-15-34(30,2)3/h7-13,17-19H,5-6,14-16,20-22H2,1-4H3. The summed E-state index contributed by atoms with van der Waals surface area (Å²) < 4.78 is 33.0. The number of allylic oxidation sites excluding steroid dienone is 2. The molecule has 2 aliphatic carbocycles. The van der Waals surface area contributed by atoms with Crippen molar-refractivity contribution in [2.75, 3.05) is 18.1 Å². The molecule has 1 unspecified atom stereocenters. The number of carbonyl (C=O) groups excluding carboxylic acids is 1. The highest BCUT2D eigenvalue weighted by Crippen LogP contribution is 2.48. The van der Waals surface area contributed by atoms with Crippen LogP contribution >= 0.6 is 22.6 Å². The molecule has 0 amide bonds. The van der Waals surface area contributed by atoms with E-state index in [0.717, 1.165) is 52.6 Å². The molecule has 0 spiro atoms. The molecule has 3 aromatic carbocycles. The molecule has 0 aliphatic heterocycles. The van der Waals surface area contributed by atoms with Crippen LogP contribution in [0.1, 0.15) is 68.7 Å². The van der Waals surface area contributed by atoms with Crippen molar-refractivity contribution >= 4 is 34.1 Å². The summed E-state index contributed by atoms with van der Waals surface area (Å²) >= 11 is 2.39. The van der Waals surface area contributed by atoms with Gasteiger partial charge in [0.25, 0.3) is 0 Å². The predicted molar refractivity (Wildman–Crippen MR) is 170 cm³/mol. The minimum Gasteiger partial charge on any atom is -0.497 e. The van der Waals surface area contributed by atoms with Crippen molar-refractivity contribution in [1.82, 2.24) is 0 Å². The molecule has 0 bridgehead atoms. The van der Waals surface area contributed by atoms with Crippen molar-refractivity contribution < 1.29 is 23.4 Å². The van der Waals surface area contributed by atoms with Crippen LogP contribution in [0.5, 0.6) is 11.5 Å². The third kappa shape index (κ3) is 6.04. The Kier molecular flexibility index (Phi) is 8.78. The number of carbonyl (C=O) groups is 1. The summed E-state index contributed by atoms with van der Waals surface area (Å²) in [5.41, 5.74) is 6.92. The van der Waals surface area contributed by atoms with Gasteiger partial charge in [-0.25, -0.2) is 4.39 Å². The number of hydrogen-bond acceptors (Lipinski definition) is 4. The molecule has 0 saturated heterocycles. The van der Waals surface area contributed by atoms with Crippen LogP contribution in [0, 0.1) is 11.2 Å². The molecule has 0 radical (unpaired) electrons. The number of halogens is 2. The molecule has 216 valence electrons. The summed E-state index contributed by atoms with van der Waals surface area (Å²) in [5.74, 6) is 0.995. The van der Waals surface area contributed by atoms with E-state index in [2.05, 4.69) is 60.7 Å². The Labute approximate surface area is 256 Å². The zero-order chi connectivity index (χ0) is 29.2. The van der Waals surface area contributed by atoms with Gasteiger partial charge in [-0.05, 0) is 108 Å². The first-order chi connectivity index (χ1) is 19.7. The van der Waals surface area contributed by atoms with Crippen molar-refractivity contribution in [2.24, 2.45) is 5.41 Å². The van der Waals surface area contributed by atoms with Crippen molar-refractivity contribution in [1.29, 1.82) is 0 Å². The second kappa shape index (κ2) is 12.2. The largest absolute Gasteiger partial charge is 0.497 e. The van der Waals surface area contributed by atoms with Crippen LogP contribution in [0.3, 0.4) is 0 Å². The first-order valence-electron chi connectivity index (χ1n) is 14.4. The SMILES string of the molecule is CCOC(=O)CC1(CI)CCc2ccc(OCc3ccc(-c4cc(OC)ccc4F)c(C4=CCCC4(C)C)c3)cc21. The summed E-state index contributed by atoms with van der Waals surface area (Å²) in [7, 11) is 1.60. The fourth-order valence-electron chi connectivity index (χ4n) is 6.33. The van der Waals surface area contributed by atoms with E-state index in [1.54, 1.807) is 19.2 Å². The fourth-order valence-corrected chi connectivity index (χ4v) is 7.39. The lowest BCUT2D eigenvalue weighted by molar-refractivity contribution is -0.144. The van der Waals surface area contributed by atoms with Crippen LogP contribution in [-0.4, -0.2) is 24.1 Å². The number of hydrogen-bond donors (Lipinski definition) is 0. The van der Waals surface area contributed by atoms with E-state index in [9.17, 15) is 4.79 Å². The fraction of sp³-hybridized carbons (Fsp3) is 0.400. The molecule has 4 nitrogen and oxygen atoms in total. The average molecular weight is 669 g/mol. The van der Waals surface area contributed by atoms with Crippen LogP contribution in [0.2, 0.25) is 0 Å². The van der Waals surface area contributed by atoms with E-state index in [4.69, 9.17) is 14.2 Å². The van der Waals surface area contributed by atoms with E-state index >= 15 is 4.39 Å². The Balaban J connectivity index is 1.45. The van der Waals surface area contributed by atoms with Crippen molar-refractivity contribution in [2.45, 2.75) is 64.9 Å². The van der Waals surface area contributed by atoms with Crippen LogP contribution in [-0.2, 0) is 28.0 Å². The second-order valence-electron chi connectivity index (χ2n) is 11.8.